The number of hydrogen-bond acceptors (Lipinski definition) is 3. The summed E-state index contributed by atoms with van der Waals surface area (Å²) in [7, 11) is 3.72. The fourth-order valence-corrected chi connectivity index (χ4v) is 3.24. The van der Waals surface area contributed by atoms with E-state index in [0.29, 0.717) is 12.8 Å². The maximum atomic E-state index is 12.8. The number of benzene rings is 1. The van der Waals surface area contributed by atoms with Crippen LogP contribution in [0, 0.1) is 6.92 Å². The average Bonchev–Trinajstić information content (AvgIpc) is 2.88. The molecule has 3 N–H and O–H groups in total. The topological polar surface area (TPSA) is 75.4 Å². The van der Waals surface area contributed by atoms with E-state index in [1.54, 1.807) is 0 Å². The molecule has 1 aromatic rings. The maximum absolute atomic E-state index is 12.8. The van der Waals surface area contributed by atoms with E-state index in [1.165, 1.54) is 0 Å². The summed E-state index contributed by atoms with van der Waals surface area (Å²) in [5.41, 5.74) is 6.69. The van der Waals surface area contributed by atoms with Crippen molar-refractivity contribution in [2.24, 2.45) is 5.73 Å². The van der Waals surface area contributed by atoms with Crippen molar-refractivity contribution in [1.82, 2.24) is 10.2 Å². The number of nitrogens with one attached hydrogen (secondary N) is 1. The van der Waals surface area contributed by atoms with Crippen LogP contribution in [0.25, 0.3) is 0 Å². The average molecular weight is 303 g/mol. The Hall–Kier alpha value is -1.88. The van der Waals surface area contributed by atoms with E-state index in [9.17, 15) is 9.59 Å². The van der Waals surface area contributed by atoms with Gasteiger partial charge in [-0.1, -0.05) is 42.7 Å². The summed E-state index contributed by atoms with van der Waals surface area (Å²) in [5, 5.41) is 2.94. The van der Waals surface area contributed by atoms with Crippen LogP contribution in [0.4, 0.5) is 0 Å². The Morgan fingerprint density at radius 1 is 1.27 bits per heavy atom. The Kier molecular flexibility index (Phi) is 4.86. The number of hydrogen-bond donors (Lipinski definition) is 2. The van der Waals surface area contributed by atoms with Gasteiger partial charge in [0.1, 0.15) is 11.6 Å². The van der Waals surface area contributed by atoms with Crippen LogP contribution in [-0.4, -0.2) is 36.3 Å². The number of primary amides is 1. The molecule has 1 atom stereocenters. The standard InChI is InChI=1S/C17H25N3O2/c1-12-7-6-8-13(11-12)14(20(2)3)15(21)19-17(16(18)22)9-4-5-10-17/h6-8,11,14H,4-5,9-10H2,1-3H3,(H2,18,22)(H,19,21)/t14-/m0/s1. The summed E-state index contributed by atoms with van der Waals surface area (Å²) >= 11 is 0. The molecule has 0 radical (unpaired) electrons. The van der Waals surface area contributed by atoms with Crippen molar-refractivity contribution in [3.63, 3.8) is 0 Å². The first kappa shape index (κ1) is 16.5. The van der Waals surface area contributed by atoms with E-state index in [2.05, 4.69) is 5.32 Å². The van der Waals surface area contributed by atoms with Crippen LogP contribution in [0.5, 0.6) is 0 Å². The summed E-state index contributed by atoms with van der Waals surface area (Å²) in [5.74, 6) is -0.601. The van der Waals surface area contributed by atoms with Gasteiger partial charge in [0.15, 0.2) is 0 Å². The molecule has 1 aliphatic rings. The zero-order valence-corrected chi connectivity index (χ0v) is 13.6. The zero-order valence-electron chi connectivity index (χ0n) is 13.6. The van der Waals surface area contributed by atoms with Gasteiger partial charge in [0.05, 0.1) is 0 Å². The molecule has 0 saturated heterocycles. The molecular formula is C17H25N3O2. The number of amides is 2. The van der Waals surface area contributed by atoms with Gasteiger partial charge in [-0.3, -0.25) is 14.5 Å². The third-order valence-corrected chi connectivity index (χ3v) is 4.41. The molecule has 0 heterocycles. The molecule has 2 rings (SSSR count). The summed E-state index contributed by atoms with van der Waals surface area (Å²) in [6, 6.07) is 7.43. The number of aryl methyl sites for hydroxylation is 1. The van der Waals surface area contributed by atoms with Gasteiger partial charge in [0.25, 0.3) is 0 Å². The fraction of sp³-hybridized carbons (Fsp3) is 0.529. The van der Waals surface area contributed by atoms with Gasteiger partial charge in [0.2, 0.25) is 11.8 Å². The Morgan fingerprint density at radius 3 is 2.41 bits per heavy atom. The first-order chi connectivity index (χ1) is 10.4. The first-order valence-corrected chi connectivity index (χ1v) is 7.71. The third kappa shape index (κ3) is 3.30. The largest absolute Gasteiger partial charge is 0.368 e. The van der Waals surface area contributed by atoms with E-state index in [-0.39, 0.29) is 5.91 Å². The van der Waals surface area contributed by atoms with Crippen molar-refractivity contribution in [3.05, 3.63) is 35.4 Å². The molecule has 1 saturated carbocycles. The third-order valence-electron chi connectivity index (χ3n) is 4.41. The fourth-order valence-electron chi connectivity index (χ4n) is 3.24. The predicted octanol–water partition coefficient (Wildman–Crippen LogP) is 1.51. The van der Waals surface area contributed by atoms with E-state index in [4.69, 9.17) is 5.73 Å². The van der Waals surface area contributed by atoms with Crippen molar-refractivity contribution in [1.29, 1.82) is 0 Å². The van der Waals surface area contributed by atoms with Crippen molar-refractivity contribution in [3.8, 4) is 0 Å². The van der Waals surface area contributed by atoms with E-state index in [1.807, 2.05) is 50.2 Å². The molecular weight excluding hydrogens is 278 g/mol. The van der Waals surface area contributed by atoms with Gasteiger partial charge in [-0.05, 0) is 39.4 Å². The Labute approximate surface area is 131 Å². The highest BCUT2D eigenvalue weighted by atomic mass is 16.2. The van der Waals surface area contributed by atoms with Crippen LogP contribution in [0.1, 0.15) is 42.9 Å². The monoisotopic (exact) mass is 303 g/mol. The number of nitrogens with two attached hydrogens (primary N) is 1. The van der Waals surface area contributed by atoms with Crippen LogP contribution >= 0.6 is 0 Å². The maximum Gasteiger partial charge on any atom is 0.243 e. The molecule has 5 nitrogen and oxygen atoms in total. The zero-order chi connectivity index (χ0) is 16.3. The minimum Gasteiger partial charge on any atom is -0.368 e. The number of rotatable bonds is 5. The molecule has 1 fully saturated rings. The molecule has 1 aromatic carbocycles. The number of carbonyl (C=O) groups is 2. The molecule has 120 valence electrons. The molecule has 0 aromatic heterocycles. The lowest BCUT2D eigenvalue weighted by Crippen LogP contribution is -2.57. The lowest BCUT2D eigenvalue weighted by Gasteiger charge is -2.31. The van der Waals surface area contributed by atoms with Crippen molar-refractivity contribution >= 4 is 11.8 Å². The molecule has 0 unspecified atom stereocenters. The molecule has 22 heavy (non-hydrogen) atoms. The van der Waals surface area contributed by atoms with Gasteiger partial charge in [-0.25, -0.2) is 0 Å². The van der Waals surface area contributed by atoms with Crippen molar-refractivity contribution in [2.75, 3.05) is 14.1 Å². The quantitative estimate of drug-likeness (QED) is 0.866. The lowest BCUT2D eigenvalue weighted by atomic mass is 9.94. The second kappa shape index (κ2) is 6.48. The van der Waals surface area contributed by atoms with Crippen LogP contribution in [0.2, 0.25) is 0 Å². The minimum absolute atomic E-state index is 0.170. The summed E-state index contributed by atoms with van der Waals surface area (Å²) in [6.07, 6.45) is 3.09. The van der Waals surface area contributed by atoms with E-state index >= 15 is 0 Å². The van der Waals surface area contributed by atoms with Gasteiger partial charge < -0.3 is 11.1 Å². The van der Waals surface area contributed by atoms with Crippen LogP contribution in [0.3, 0.4) is 0 Å². The molecule has 5 heteroatoms. The van der Waals surface area contributed by atoms with Gasteiger partial charge in [0, 0.05) is 0 Å². The molecule has 2 amide bonds. The highest BCUT2D eigenvalue weighted by Gasteiger charge is 2.42. The highest BCUT2D eigenvalue weighted by molar-refractivity contribution is 5.92. The Morgan fingerprint density at radius 2 is 1.91 bits per heavy atom. The SMILES string of the molecule is Cc1cccc([C@@H](C(=O)NC2(C(N)=O)CCCC2)N(C)C)c1. The lowest BCUT2D eigenvalue weighted by molar-refractivity contribution is -0.134. The van der Waals surface area contributed by atoms with Crippen LogP contribution < -0.4 is 11.1 Å². The van der Waals surface area contributed by atoms with Crippen molar-refractivity contribution in [2.45, 2.75) is 44.2 Å². The van der Waals surface area contributed by atoms with E-state index in [0.717, 1.165) is 24.0 Å². The summed E-state index contributed by atoms with van der Waals surface area (Å²) in [4.78, 5) is 26.5. The summed E-state index contributed by atoms with van der Waals surface area (Å²) in [6.45, 7) is 2.00. The first-order valence-electron chi connectivity index (χ1n) is 7.71. The van der Waals surface area contributed by atoms with E-state index < -0.39 is 17.5 Å². The molecule has 0 spiro atoms. The molecule has 0 aliphatic heterocycles. The molecule has 1 aliphatic carbocycles. The summed E-state index contributed by atoms with van der Waals surface area (Å²) < 4.78 is 0. The second-order valence-electron chi connectivity index (χ2n) is 6.42. The molecule has 0 bridgehead atoms. The smallest absolute Gasteiger partial charge is 0.243 e. The van der Waals surface area contributed by atoms with Gasteiger partial charge >= 0.3 is 0 Å². The Balaban J connectivity index is 2.25. The normalized spacial score (nSPS) is 18.2. The number of carbonyl (C=O) groups excluding carboxylic acids is 2. The van der Waals surface area contributed by atoms with Crippen molar-refractivity contribution < 1.29 is 9.59 Å². The Bertz CT molecular complexity index is 563. The number of nitrogens with zero attached hydrogens (tertiary/aromatic N) is 1. The number of likely N-dealkylation sites (N-methyl/N-ethyl adjacent to an activating group) is 1. The predicted molar refractivity (Wildman–Crippen MR) is 86.1 cm³/mol. The second-order valence-corrected chi connectivity index (χ2v) is 6.42. The van der Waals surface area contributed by atoms with Gasteiger partial charge in [-0.15, -0.1) is 0 Å². The minimum atomic E-state index is -0.880. The van der Waals surface area contributed by atoms with Crippen LogP contribution in [-0.2, 0) is 9.59 Å². The van der Waals surface area contributed by atoms with Gasteiger partial charge in [-0.2, -0.15) is 0 Å². The highest BCUT2D eigenvalue weighted by Crippen LogP contribution is 2.31. The van der Waals surface area contributed by atoms with Crippen LogP contribution in [0.15, 0.2) is 24.3 Å².